The van der Waals surface area contributed by atoms with Crippen LogP contribution in [0.1, 0.15) is 50.3 Å². The molecule has 1 amide bonds. The first-order chi connectivity index (χ1) is 15.3. The predicted molar refractivity (Wildman–Crippen MR) is 135 cm³/mol. The molecule has 168 valence electrons. The van der Waals surface area contributed by atoms with E-state index in [4.69, 9.17) is 0 Å². The minimum atomic E-state index is -1.02. The molecule has 2 aliphatic heterocycles. The number of carbonyl (C=O) groups is 1. The van der Waals surface area contributed by atoms with Crippen LogP contribution in [0, 0.1) is 16.4 Å². The monoisotopic (exact) mass is 546 g/mol. The maximum atomic E-state index is 14.7. The SMILES string of the molecule is CCC1(F)CCN(c2cc(C)c([C@H]3[C@@H](C)C(=O)N3c3ccc4[nH]cnc4c3)c(I)c2)CC1. The van der Waals surface area contributed by atoms with Crippen LogP contribution in [0.15, 0.2) is 36.7 Å². The number of aromatic nitrogens is 2. The van der Waals surface area contributed by atoms with Gasteiger partial charge in [-0.3, -0.25) is 4.79 Å². The molecule has 1 aromatic heterocycles. The van der Waals surface area contributed by atoms with Crippen molar-refractivity contribution in [1.29, 1.82) is 0 Å². The molecule has 0 bridgehead atoms. The van der Waals surface area contributed by atoms with E-state index in [0.29, 0.717) is 19.3 Å². The van der Waals surface area contributed by atoms with Gasteiger partial charge in [-0.1, -0.05) is 13.8 Å². The third kappa shape index (κ3) is 3.49. The Labute approximate surface area is 201 Å². The predicted octanol–water partition coefficient (Wildman–Crippen LogP) is 5.92. The Morgan fingerprint density at radius 1 is 1.22 bits per heavy atom. The second kappa shape index (κ2) is 8.01. The highest BCUT2D eigenvalue weighted by atomic mass is 127. The number of aromatic amines is 1. The number of piperidine rings is 1. The second-order valence-electron chi connectivity index (χ2n) is 9.20. The van der Waals surface area contributed by atoms with E-state index in [-0.39, 0.29) is 17.9 Å². The number of carbonyl (C=O) groups excluding carboxylic acids is 1. The number of alkyl halides is 1. The summed E-state index contributed by atoms with van der Waals surface area (Å²) in [6, 6.07) is 10.3. The fraction of sp³-hybridized carbons (Fsp3) is 0.440. The van der Waals surface area contributed by atoms with Gasteiger partial charge < -0.3 is 14.8 Å². The molecule has 32 heavy (non-hydrogen) atoms. The van der Waals surface area contributed by atoms with E-state index >= 15 is 0 Å². The van der Waals surface area contributed by atoms with Crippen LogP contribution in [-0.2, 0) is 4.79 Å². The van der Waals surface area contributed by atoms with E-state index in [2.05, 4.69) is 56.5 Å². The quantitative estimate of drug-likeness (QED) is 0.327. The Morgan fingerprint density at radius 2 is 1.97 bits per heavy atom. The number of β-lactam (4-membered cyclic amide) rings is 1. The number of nitrogens with zero attached hydrogens (tertiary/aromatic N) is 3. The van der Waals surface area contributed by atoms with E-state index < -0.39 is 5.67 Å². The highest BCUT2D eigenvalue weighted by Gasteiger charge is 2.47. The summed E-state index contributed by atoms with van der Waals surface area (Å²) in [4.78, 5) is 24.6. The highest BCUT2D eigenvalue weighted by molar-refractivity contribution is 14.1. The van der Waals surface area contributed by atoms with Crippen molar-refractivity contribution >= 4 is 50.9 Å². The van der Waals surface area contributed by atoms with E-state index in [0.717, 1.165) is 39.1 Å². The fourth-order valence-electron chi connectivity index (χ4n) is 5.18. The van der Waals surface area contributed by atoms with Gasteiger partial charge in [0.1, 0.15) is 5.67 Å². The van der Waals surface area contributed by atoms with Crippen LogP contribution in [-0.4, -0.2) is 34.6 Å². The number of aryl methyl sites for hydroxylation is 1. The van der Waals surface area contributed by atoms with Crippen LogP contribution in [0.25, 0.3) is 11.0 Å². The van der Waals surface area contributed by atoms with Crippen LogP contribution >= 0.6 is 22.6 Å². The standard InChI is InChI=1S/C25H28FIN4O/c1-4-25(26)7-9-30(10-8-25)18-11-15(2)22(19(27)12-18)23-16(3)24(32)31(23)17-5-6-20-21(13-17)29-14-28-20/h5-6,11-14,16,23H,4,7-10H2,1-3H3,(H,28,29)/t16-,23-/m1/s1. The third-order valence-corrected chi connectivity index (χ3v) is 8.23. The lowest BCUT2D eigenvalue weighted by atomic mass is 9.81. The van der Waals surface area contributed by atoms with Crippen LogP contribution in [0.2, 0.25) is 0 Å². The molecule has 0 radical (unpaired) electrons. The topological polar surface area (TPSA) is 52.2 Å². The number of anilines is 2. The Kier molecular flexibility index (Phi) is 5.42. The molecule has 1 N–H and O–H groups in total. The highest BCUT2D eigenvalue weighted by Crippen LogP contribution is 2.47. The summed E-state index contributed by atoms with van der Waals surface area (Å²) >= 11 is 2.40. The summed E-state index contributed by atoms with van der Waals surface area (Å²) in [7, 11) is 0. The van der Waals surface area contributed by atoms with Crippen molar-refractivity contribution in [2.75, 3.05) is 22.9 Å². The number of hydrogen-bond donors (Lipinski definition) is 1. The number of rotatable bonds is 4. The molecule has 2 saturated heterocycles. The number of H-pyrrole nitrogens is 1. The van der Waals surface area contributed by atoms with E-state index in [1.54, 1.807) is 6.33 Å². The van der Waals surface area contributed by atoms with E-state index in [1.807, 2.05) is 36.9 Å². The maximum absolute atomic E-state index is 14.7. The Morgan fingerprint density at radius 3 is 2.66 bits per heavy atom. The molecule has 5 rings (SSSR count). The van der Waals surface area contributed by atoms with Gasteiger partial charge in [0, 0.05) is 28.0 Å². The fourth-order valence-corrected chi connectivity index (χ4v) is 6.25. The van der Waals surface area contributed by atoms with Gasteiger partial charge in [0.15, 0.2) is 0 Å². The van der Waals surface area contributed by atoms with Gasteiger partial charge in [-0.25, -0.2) is 9.37 Å². The van der Waals surface area contributed by atoms with Crippen molar-refractivity contribution < 1.29 is 9.18 Å². The number of amides is 1. The minimum Gasteiger partial charge on any atom is -0.371 e. The summed E-state index contributed by atoms with van der Waals surface area (Å²) in [6.45, 7) is 7.56. The largest absolute Gasteiger partial charge is 0.371 e. The third-order valence-electron chi connectivity index (χ3n) is 7.34. The second-order valence-corrected chi connectivity index (χ2v) is 10.4. The number of halogens is 2. The Hall–Kier alpha value is -2.16. The van der Waals surface area contributed by atoms with Gasteiger partial charge in [-0.2, -0.15) is 0 Å². The first-order valence-electron chi connectivity index (χ1n) is 11.3. The number of hydrogen-bond acceptors (Lipinski definition) is 3. The van der Waals surface area contributed by atoms with Crippen molar-refractivity contribution in [3.05, 3.63) is 51.4 Å². The molecular weight excluding hydrogens is 518 g/mol. The molecule has 0 spiro atoms. The zero-order valence-corrected chi connectivity index (χ0v) is 20.8. The van der Waals surface area contributed by atoms with Crippen LogP contribution in [0.5, 0.6) is 0 Å². The molecular formula is C25H28FIN4O. The molecule has 2 aromatic carbocycles. The van der Waals surface area contributed by atoms with Gasteiger partial charge in [-0.15, -0.1) is 0 Å². The first-order valence-corrected chi connectivity index (χ1v) is 12.4. The van der Waals surface area contributed by atoms with Crippen molar-refractivity contribution in [1.82, 2.24) is 9.97 Å². The summed E-state index contributed by atoms with van der Waals surface area (Å²) in [5.74, 6) is 0.0636. The van der Waals surface area contributed by atoms with Gasteiger partial charge in [0.2, 0.25) is 5.91 Å². The normalized spacial score (nSPS) is 23.0. The Balaban J connectivity index is 1.45. The van der Waals surface area contributed by atoms with Crippen LogP contribution < -0.4 is 9.80 Å². The minimum absolute atomic E-state index is 0.000203. The van der Waals surface area contributed by atoms with Crippen molar-refractivity contribution in [3.63, 3.8) is 0 Å². The molecule has 2 fully saturated rings. The number of imidazole rings is 1. The zero-order chi connectivity index (χ0) is 22.6. The number of nitrogens with one attached hydrogen (secondary N) is 1. The zero-order valence-electron chi connectivity index (χ0n) is 18.7. The van der Waals surface area contributed by atoms with Gasteiger partial charge >= 0.3 is 0 Å². The summed E-state index contributed by atoms with van der Waals surface area (Å²) in [5.41, 5.74) is 5.21. The lowest BCUT2D eigenvalue weighted by molar-refractivity contribution is -0.129. The molecule has 0 saturated carbocycles. The van der Waals surface area contributed by atoms with Gasteiger partial charge in [0.25, 0.3) is 0 Å². The lowest BCUT2D eigenvalue weighted by Gasteiger charge is -2.47. The van der Waals surface area contributed by atoms with Crippen LogP contribution in [0.4, 0.5) is 15.8 Å². The summed E-state index contributed by atoms with van der Waals surface area (Å²) in [6.07, 6.45) is 3.42. The van der Waals surface area contributed by atoms with E-state index in [1.165, 1.54) is 11.1 Å². The Bertz CT molecular complexity index is 1160. The molecule has 3 aromatic rings. The van der Waals surface area contributed by atoms with Gasteiger partial charge in [0.05, 0.1) is 29.3 Å². The number of benzene rings is 2. The van der Waals surface area contributed by atoms with Crippen LogP contribution in [0.3, 0.4) is 0 Å². The first kappa shape index (κ1) is 21.7. The molecule has 3 heterocycles. The van der Waals surface area contributed by atoms with Crippen molar-refractivity contribution in [3.8, 4) is 0 Å². The molecule has 0 aliphatic carbocycles. The van der Waals surface area contributed by atoms with E-state index in [9.17, 15) is 9.18 Å². The smallest absolute Gasteiger partial charge is 0.232 e. The molecule has 2 aliphatic rings. The maximum Gasteiger partial charge on any atom is 0.232 e. The lowest BCUT2D eigenvalue weighted by Crippen LogP contribution is -2.54. The summed E-state index contributed by atoms with van der Waals surface area (Å²) < 4.78 is 15.8. The molecule has 7 heteroatoms. The molecule has 5 nitrogen and oxygen atoms in total. The van der Waals surface area contributed by atoms with Crippen molar-refractivity contribution in [2.24, 2.45) is 5.92 Å². The number of fused-ring (bicyclic) bond motifs is 1. The summed E-state index contributed by atoms with van der Waals surface area (Å²) in [5, 5.41) is 0. The molecule has 0 unspecified atom stereocenters. The van der Waals surface area contributed by atoms with Crippen molar-refractivity contribution in [2.45, 2.75) is 51.7 Å². The average molecular weight is 546 g/mol. The average Bonchev–Trinajstić information content (AvgIpc) is 3.26. The molecule has 2 atom stereocenters. The van der Waals surface area contributed by atoms with Gasteiger partial charge in [-0.05, 0) is 90.2 Å².